The van der Waals surface area contributed by atoms with Crippen molar-refractivity contribution >= 4 is 5.91 Å². The molecule has 0 saturated carbocycles. The molecular weight excluding hydrogens is 202 g/mol. The Bertz CT molecular complexity index is 212. The van der Waals surface area contributed by atoms with Crippen molar-refractivity contribution in [2.75, 3.05) is 19.6 Å². The Morgan fingerprint density at radius 3 is 2.56 bits per heavy atom. The molecule has 0 aliphatic carbocycles. The Balaban J connectivity index is 2.25. The molecule has 0 aromatic rings. The number of carbonyl (C=O) groups excluding carboxylic acids is 1. The number of nitrogens with one attached hydrogen (secondary N) is 1. The highest BCUT2D eigenvalue weighted by Crippen LogP contribution is 2.10. The summed E-state index contributed by atoms with van der Waals surface area (Å²) in [6.07, 6.45) is 3.85. The van der Waals surface area contributed by atoms with Gasteiger partial charge in [-0.25, -0.2) is 0 Å². The minimum absolute atomic E-state index is 0.0248. The molecule has 3 N–H and O–H groups in total. The maximum absolute atomic E-state index is 11.7. The first-order valence-corrected chi connectivity index (χ1v) is 6.45. The highest BCUT2D eigenvalue weighted by Gasteiger charge is 2.21. The molecule has 16 heavy (non-hydrogen) atoms. The molecule has 1 rings (SSSR count). The highest BCUT2D eigenvalue weighted by molar-refractivity contribution is 5.81. The maximum Gasteiger partial charge on any atom is 0.237 e. The molecular formula is C12H25N3O. The smallest absolute Gasteiger partial charge is 0.237 e. The Hall–Kier alpha value is -0.610. The van der Waals surface area contributed by atoms with E-state index in [4.69, 9.17) is 5.73 Å². The fourth-order valence-corrected chi connectivity index (χ4v) is 2.14. The van der Waals surface area contributed by atoms with Gasteiger partial charge in [-0.05, 0) is 25.8 Å². The van der Waals surface area contributed by atoms with Crippen LogP contribution in [0.15, 0.2) is 0 Å². The van der Waals surface area contributed by atoms with Gasteiger partial charge in [-0.2, -0.15) is 0 Å². The van der Waals surface area contributed by atoms with E-state index in [0.29, 0.717) is 6.04 Å². The van der Waals surface area contributed by atoms with Crippen molar-refractivity contribution in [2.24, 2.45) is 5.73 Å². The lowest BCUT2D eigenvalue weighted by atomic mass is 10.0. The maximum atomic E-state index is 11.7. The summed E-state index contributed by atoms with van der Waals surface area (Å²) in [5, 5.41) is 3.06. The van der Waals surface area contributed by atoms with Gasteiger partial charge in [-0.1, -0.05) is 20.3 Å². The SMILES string of the molecule is CCCC(N)C(=O)NC1CCN(CC)CC1. The lowest BCUT2D eigenvalue weighted by Gasteiger charge is -2.31. The number of nitrogens with zero attached hydrogens (tertiary/aromatic N) is 1. The minimum atomic E-state index is -0.325. The number of amides is 1. The summed E-state index contributed by atoms with van der Waals surface area (Å²) in [6, 6.07) is 0.00686. The van der Waals surface area contributed by atoms with Crippen LogP contribution >= 0.6 is 0 Å². The lowest BCUT2D eigenvalue weighted by Crippen LogP contribution is -2.49. The number of carbonyl (C=O) groups is 1. The predicted molar refractivity (Wildman–Crippen MR) is 66.2 cm³/mol. The first kappa shape index (κ1) is 13.5. The average molecular weight is 227 g/mol. The third-order valence-electron chi connectivity index (χ3n) is 3.32. The summed E-state index contributed by atoms with van der Waals surface area (Å²) in [4.78, 5) is 14.1. The monoisotopic (exact) mass is 227 g/mol. The van der Waals surface area contributed by atoms with E-state index < -0.39 is 0 Å². The van der Waals surface area contributed by atoms with Crippen LogP contribution in [-0.2, 0) is 4.79 Å². The van der Waals surface area contributed by atoms with E-state index >= 15 is 0 Å². The number of rotatable bonds is 5. The number of hydrogen-bond acceptors (Lipinski definition) is 3. The van der Waals surface area contributed by atoms with Crippen molar-refractivity contribution in [3.8, 4) is 0 Å². The minimum Gasteiger partial charge on any atom is -0.352 e. The summed E-state index contributed by atoms with van der Waals surface area (Å²) >= 11 is 0. The number of likely N-dealkylation sites (tertiary alicyclic amines) is 1. The summed E-state index contributed by atoms with van der Waals surface area (Å²) in [5.74, 6) is 0.0248. The first-order valence-electron chi connectivity index (χ1n) is 6.45. The zero-order chi connectivity index (χ0) is 12.0. The van der Waals surface area contributed by atoms with E-state index in [1.54, 1.807) is 0 Å². The average Bonchev–Trinajstić information content (AvgIpc) is 2.30. The van der Waals surface area contributed by atoms with Gasteiger partial charge in [0.2, 0.25) is 5.91 Å². The van der Waals surface area contributed by atoms with E-state index in [1.807, 2.05) is 6.92 Å². The molecule has 94 valence electrons. The fourth-order valence-electron chi connectivity index (χ4n) is 2.14. The van der Waals surface area contributed by atoms with Gasteiger partial charge >= 0.3 is 0 Å². The van der Waals surface area contributed by atoms with Gasteiger partial charge in [0.05, 0.1) is 6.04 Å². The zero-order valence-corrected chi connectivity index (χ0v) is 10.5. The summed E-state index contributed by atoms with van der Waals surface area (Å²) in [7, 11) is 0. The van der Waals surface area contributed by atoms with Crippen molar-refractivity contribution in [3.63, 3.8) is 0 Å². The molecule has 0 aromatic carbocycles. The van der Waals surface area contributed by atoms with Gasteiger partial charge in [0.15, 0.2) is 0 Å². The molecule has 4 nitrogen and oxygen atoms in total. The van der Waals surface area contributed by atoms with Crippen molar-refractivity contribution in [1.82, 2.24) is 10.2 Å². The van der Waals surface area contributed by atoms with Gasteiger partial charge in [-0.15, -0.1) is 0 Å². The molecule has 1 fully saturated rings. The van der Waals surface area contributed by atoms with Crippen molar-refractivity contribution in [2.45, 2.75) is 51.6 Å². The molecule has 1 heterocycles. The molecule has 0 aromatic heterocycles. The summed E-state index contributed by atoms with van der Waals surface area (Å²) < 4.78 is 0. The largest absolute Gasteiger partial charge is 0.352 e. The first-order chi connectivity index (χ1) is 7.67. The molecule has 1 aliphatic heterocycles. The molecule has 1 atom stereocenters. The molecule has 4 heteroatoms. The number of hydrogen-bond donors (Lipinski definition) is 2. The molecule has 0 bridgehead atoms. The Labute approximate surface area is 98.6 Å². The zero-order valence-electron chi connectivity index (χ0n) is 10.5. The van der Waals surface area contributed by atoms with Crippen LogP contribution in [0.3, 0.4) is 0 Å². The fraction of sp³-hybridized carbons (Fsp3) is 0.917. The van der Waals surface area contributed by atoms with Gasteiger partial charge in [-0.3, -0.25) is 4.79 Å². The van der Waals surface area contributed by atoms with E-state index in [-0.39, 0.29) is 11.9 Å². The van der Waals surface area contributed by atoms with Crippen molar-refractivity contribution in [3.05, 3.63) is 0 Å². The molecule has 1 aliphatic rings. The van der Waals surface area contributed by atoms with Crippen molar-refractivity contribution < 1.29 is 4.79 Å². The highest BCUT2D eigenvalue weighted by atomic mass is 16.2. The van der Waals surface area contributed by atoms with E-state index in [2.05, 4.69) is 17.1 Å². The predicted octanol–water partition coefficient (Wildman–Crippen LogP) is 0.714. The second-order valence-corrected chi connectivity index (χ2v) is 4.61. The second kappa shape index (κ2) is 6.86. The van der Waals surface area contributed by atoms with Gasteiger partial charge < -0.3 is 16.0 Å². The van der Waals surface area contributed by atoms with Crippen LogP contribution in [-0.4, -0.2) is 42.5 Å². The molecule has 0 spiro atoms. The van der Waals surface area contributed by atoms with Crippen LogP contribution in [0.25, 0.3) is 0 Å². The van der Waals surface area contributed by atoms with Gasteiger partial charge in [0.1, 0.15) is 0 Å². The second-order valence-electron chi connectivity index (χ2n) is 4.61. The molecule has 1 saturated heterocycles. The third kappa shape index (κ3) is 4.10. The summed E-state index contributed by atoms with van der Waals surface area (Å²) in [5.41, 5.74) is 5.78. The number of nitrogens with two attached hydrogens (primary N) is 1. The number of piperidine rings is 1. The van der Waals surface area contributed by atoms with Crippen LogP contribution < -0.4 is 11.1 Å². The lowest BCUT2D eigenvalue weighted by molar-refractivity contribution is -0.123. The van der Waals surface area contributed by atoms with Gasteiger partial charge in [0, 0.05) is 19.1 Å². The molecule has 1 unspecified atom stereocenters. The topological polar surface area (TPSA) is 58.4 Å². The van der Waals surface area contributed by atoms with Crippen LogP contribution in [0.4, 0.5) is 0 Å². The molecule has 1 amide bonds. The van der Waals surface area contributed by atoms with Crippen LogP contribution in [0.5, 0.6) is 0 Å². The van der Waals surface area contributed by atoms with Gasteiger partial charge in [0.25, 0.3) is 0 Å². The van der Waals surface area contributed by atoms with E-state index in [9.17, 15) is 4.79 Å². The van der Waals surface area contributed by atoms with Crippen LogP contribution in [0.2, 0.25) is 0 Å². The third-order valence-corrected chi connectivity index (χ3v) is 3.32. The Morgan fingerprint density at radius 1 is 1.44 bits per heavy atom. The quantitative estimate of drug-likeness (QED) is 0.727. The standard InChI is InChI=1S/C12H25N3O/c1-3-5-11(13)12(16)14-10-6-8-15(4-2)9-7-10/h10-11H,3-9,13H2,1-2H3,(H,14,16). The summed E-state index contributed by atoms with van der Waals surface area (Å²) in [6.45, 7) is 7.51. The van der Waals surface area contributed by atoms with Crippen molar-refractivity contribution in [1.29, 1.82) is 0 Å². The van der Waals surface area contributed by atoms with Crippen LogP contribution in [0.1, 0.15) is 39.5 Å². The van der Waals surface area contributed by atoms with Crippen LogP contribution in [0, 0.1) is 0 Å². The molecule has 0 radical (unpaired) electrons. The Morgan fingerprint density at radius 2 is 2.06 bits per heavy atom. The Kier molecular flexibility index (Phi) is 5.77. The van der Waals surface area contributed by atoms with E-state index in [1.165, 1.54) is 0 Å². The normalized spacial score (nSPS) is 20.7. The van der Waals surface area contributed by atoms with E-state index in [0.717, 1.165) is 45.3 Å².